The molecule has 1 aliphatic carbocycles. The summed E-state index contributed by atoms with van der Waals surface area (Å²) in [7, 11) is 3.35. The quantitative estimate of drug-likeness (QED) is 0.0719. The molecule has 0 fully saturated rings. The number of thiazole rings is 1. The molecule has 0 saturated carbocycles. The predicted molar refractivity (Wildman–Crippen MR) is 155 cm³/mol. The Labute approximate surface area is 232 Å². The summed E-state index contributed by atoms with van der Waals surface area (Å²) in [5.74, 6) is 0. The Morgan fingerprint density at radius 1 is 0.821 bits per heavy atom. The lowest BCUT2D eigenvalue weighted by atomic mass is 9.73. The lowest BCUT2D eigenvalue weighted by molar-refractivity contribution is 0.0491. The first-order chi connectivity index (χ1) is 19.2. The maximum absolute atomic E-state index is 9.13. The monoisotopic (exact) mass is 544 g/mol. The van der Waals surface area contributed by atoms with Gasteiger partial charge in [0.1, 0.15) is 5.01 Å². The molecule has 0 atom stereocenters. The zero-order chi connectivity index (χ0) is 27.1. The van der Waals surface area contributed by atoms with Crippen LogP contribution in [0.4, 0.5) is 5.69 Å². The van der Waals surface area contributed by atoms with Crippen molar-refractivity contribution < 1.29 is 18.9 Å². The van der Waals surface area contributed by atoms with Crippen molar-refractivity contribution in [2.75, 3.05) is 53.9 Å². The summed E-state index contributed by atoms with van der Waals surface area (Å²) in [6.45, 7) is 3.25. The number of ether oxygens (including phenoxy) is 4. The molecule has 1 aromatic heterocycles. The van der Waals surface area contributed by atoms with Crippen LogP contribution < -0.4 is 0 Å². The molecule has 8 nitrogen and oxygen atoms in total. The van der Waals surface area contributed by atoms with Gasteiger partial charge in [-0.25, -0.2) is 4.98 Å². The average molecular weight is 545 g/mol. The Bertz CT molecular complexity index is 1430. The smallest absolute Gasteiger partial charge is 0.124 e. The maximum atomic E-state index is 9.13. The molecule has 4 aromatic rings. The van der Waals surface area contributed by atoms with Gasteiger partial charge in [0.05, 0.1) is 36.6 Å². The first-order valence-corrected chi connectivity index (χ1v) is 13.9. The molecule has 0 bridgehead atoms. The standard InChI is InChI=1S/C30H32N4O4S/c1-35-15-17-37-13-11-30(12-14-38-18-16-36-2)25-19-21(29-32-27-5-3-4-6-28(27)39-29)7-9-23(25)24-10-8-22(33-34-31)20-26(24)30/h3-10,19-20H,11-18H2,1-2H3. The fourth-order valence-corrected chi connectivity index (χ4v) is 6.33. The van der Waals surface area contributed by atoms with Crippen molar-refractivity contribution in [3.05, 3.63) is 82.2 Å². The van der Waals surface area contributed by atoms with E-state index in [0.717, 1.165) is 40.1 Å². The van der Waals surface area contributed by atoms with Crippen LogP contribution in [0.1, 0.15) is 24.0 Å². The predicted octanol–water partition coefficient (Wildman–Crippen LogP) is 7.28. The number of benzene rings is 3. The molecule has 0 unspecified atom stereocenters. The zero-order valence-corrected chi connectivity index (χ0v) is 23.1. The van der Waals surface area contributed by atoms with Crippen LogP contribution >= 0.6 is 11.3 Å². The summed E-state index contributed by atoms with van der Waals surface area (Å²) >= 11 is 1.70. The molecule has 5 rings (SSSR count). The molecular formula is C30H32N4O4S. The van der Waals surface area contributed by atoms with Crippen LogP contribution in [0, 0.1) is 0 Å². The normalized spacial score (nSPS) is 13.3. The van der Waals surface area contributed by atoms with Crippen LogP contribution in [-0.4, -0.2) is 58.8 Å². The van der Waals surface area contributed by atoms with E-state index in [9.17, 15) is 0 Å². The van der Waals surface area contributed by atoms with Gasteiger partial charge in [-0.3, -0.25) is 0 Å². The number of fused-ring (bicyclic) bond motifs is 4. The molecule has 3 aromatic carbocycles. The average Bonchev–Trinajstić information content (AvgIpc) is 3.51. The Balaban J connectivity index is 1.59. The third-order valence-electron chi connectivity index (χ3n) is 7.26. The highest BCUT2D eigenvalue weighted by Crippen LogP contribution is 2.54. The summed E-state index contributed by atoms with van der Waals surface area (Å²) in [6, 6.07) is 20.8. The first kappa shape index (κ1) is 27.3. The number of aromatic nitrogens is 1. The van der Waals surface area contributed by atoms with Crippen molar-refractivity contribution in [1.29, 1.82) is 0 Å². The fourth-order valence-electron chi connectivity index (χ4n) is 5.37. The van der Waals surface area contributed by atoms with Crippen molar-refractivity contribution in [2.45, 2.75) is 18.3 Å². The number of hydrogen-bond donors (Lipinski definition) is 0. The van der Waals surface area contributed by atoms with Crippen molar-refractivity contribution in [3.8, 4) is 21.7 Å². The fraction of sp³-hybridized carbons (Fsp3) is 0.367. The lowest BCUT2D eigenvalue weighted by Gasteiger charge is -2.33. The first-order valence-electron chi connectivity index (χ1n) is 13.0. The molecule has 39 heavy (non-hydrogen) atoms. The van der Waals surface area contributed by atoms with Crippen molar-refractivity contribution >= 4 is 27.2 Å². The van der Waals surface area contributed by atoms with E-state index in [4.69, 9.17) is 29.5 Å². The topological polar surface area (TPSA) is 98.6 Å². The molecule has 0 radical (unpaired) electrons. The van der Waals surface area contributed by atoms with E-state index in [1.165, 1.54) is 15.8 Å². The molecule has 202 valence electrons. The highest BCUT2D eigenvalue weighted by atomic mass is 32.1. The van der Waals surface area contributed by atoms with E-state index < -0.39 is 5.41 Å². The minimum absolute atomic E-state index is 0.390. The van der Waals surface area contributed by atoms with Gasteiger partial charge < -0.3 is 18.9 Å². The number of para-hydroxylation sites is 1. The Hall–Kier alpha value is -3.30. The minimum atomic E-state index is -0.390. The second-order valence-electron chi connectivity index (χ2n) is 9.46. The summed E-state index contributed by atoms with van der Waals surface area (Å²) in [5.41, 5.74) is 16.1. The Morgan fingerprint density at radius 3 is 2.15 bits per heavy atom. The number of azide groups is 1. The molecule has 1 heterocycles. The molecule has 9 heteroatoms. The summed E-state index contributed by atoms with van der Waals surface area (Å²) in [5, 5.41) is 4.91. The number of hydrogen-bond acceptors (Lipinski definition) is 7. The summed E-state index contributed by atoms with van der Waals surface area (Å²) < 4.78 is 23.5. The van der Waals surface area contributed by atoms with Crippen LogP contribution in [0.3, 0.4) is 0 Å². The Morgan fingerprint density at radius 2 is 1.49 bits per heavy atom. The molecule has 1 aliphatic rings. The van der Waals surface area contributed by atoms with Gasteiger partial charge in [0.15, 0.2) is 0 Å². The van der Waals surface area contributed by atoms with Gasteiger partial charge in [0.25, 0.3) is 0 Å². The molecule has 0 aliphatic heterocycles. The molecule has 0 saturated heterocycles. The SMILES string of the molecule is COCCOCCC1(CCOCCOC)c2cc(N=[N+]=[N-])ccc2-c2ccc(-c3nc4ccccc4s3)cc21. The number of nitrogens with zero attached hydrogens (tertiary/aromatic N) is 4. The molecule has 0 amide bonds. The number of methoxy groups -OCH3 is 2. The van der Waals surface area contributed by atoms with Gasteiger partial charge in [-0.1, -0.05) is 41.5 Å². The van der Waals surface area contributed by atoms with Crippen molar-refractivity contribution in [1.82, 2.24) is 4.98 Å². The second kappa shape index (κ2) is 12.7. The third kappa shape index (κ3) is 5.70. The summed E-state index contributed by atoms with van der Waals surface area (Å²) in [4.78, 5) is 7.96. The van der Waals surface area contributed by atoms with Crippen LogP contribution in [0.5, 0.6) is 0 Å². The lowest BCUT2D eigenvalue weighted by Crippen LogP contribution is -2.29. The maximum Gasteiger partial charge on any atom is 0.124 e. The van der Waals surface area contributed by atoms with Crippen LogP contribution in [0.25, 0.3) is 42.4 Å². The van der Waals surface area contributed by atoms with Gasteiger partial charge in [-0.2, -0.15) is 0 Å². The molecular weight excluding hydrogens is 512 g/mol. The van der Waals surface area contributed by atoms with Gasteiger partial charge in [-0.05, 0) is 64.9 Å². The van der Waals surface area contributed by atoms with E-state index in [1.54, 1.807) is 25.6 Å². The van der Waals surface area contributed by atoms with Crippen LogP contribution in [-0.2, 0) is 24.4 Å². The van der Waals surface area contributed by atoms with Gasteiger partial charge in [-0.15, -0.1) is 11.3 Å². The largest absolute Gasteiger partial charge is 0.382 e. The Kier molecular flexibility index (Phi) is 8.88. The van der Waals surface area contributed by atoms with Gasteiger partial charge in [0, 0.05) is 49.0 Å². The van der Waals surface area contributed by atoms with E-state index in [2.05, 4.69) is 46.4 Å². The number of rotatable bonds is 14. The highest BCUT2D eigenvalue weighted by Gasteiger charge is 2.43. The highest BCUT2D eigenvalue weighted by molar-refractivity contribution is 7.21. The summed E-state index contributed by atoms with van der Waals surface area (Å²) in [6.07, 6.45) is 1.49. The van der Waals surface area contributed by atoms with E-state index >= 15 is 0 Å². The van der Waals surface area contributed by atoms with Gasteiger partial charge in [0.2, 0.25) is 0 Å². The minimum Gasteiger partial charge on any atom is -0.382 e. The third-order valence-corrected chi connectivity index (χ3v) is 8.34. The zero-order valence-electron chi connectivity index (χ0n) is 22.3. The van der Waals surface area contributed by atoms with Crippen LogP contribution in [0.2, 0.25) is 0 Å². The molecule has 0 N–H and O–H groups in total. The van der Waals surface area contributed by atoms with Crippen LogP contribution in [0.15, 0.2) is 65.8 Å². The van der Waals surface area contributed by atoms with E-state index in [1.807, 2.05) is 24.3 Å². The second-order valence-corrected chi connectivity index (χ2v) is 10.5. The van der Waals surface area contributed by atoms with Gasteiger partial charge >= 0.3 is 0 Å². The van der Waals surface area contributed by atoms with Crippen molar-refractivity contribution in [2.24, 2.45) is 5.11 Å². The molecule has 0 spiro atoms. The van der Waals surface area contributed by atoms with Crippen molar-refractivity contribution in [3.63, 3.8) is 0 Å². The van der Waals surface area contributed by atoms with E-state index in [-0.39, 0.29) is 0 Å². The van der Waals surface area contributed by atoms with E-state index in [0.29, 0.717) is 45.3 Å².